The Morgan fingerprint density at radius 2 is 1.52 bits per heavy atom. The van der Waals surface area contributed by atoms with Gasteiger partial charge in [0, 0.05) is 17.7 Å². The van der Waals surface area contributed by atoms with E-state index in [0.29, 0.717) is 6.29 Å². The highest BCUT2D eigenvalue weighted by molar-refractivity contribution is 5.77. The smallest absolute Gasteiger partial charge is 0.311 e. The van der Waals surface area contributed by atoms with Crippen molar-refractivity contribution in [3.63, 3.8) is 0 Å². The molecule has 2 aromatic carbocycles. The molecule has 0 fully saturated rings. The topological polar surface area (TPSA) is 113 Å². The van der Waals surface area contributed by atoms with Crippen LogP contribution in [0.2, 0.25) is 0 Å². The number of hydrogen-bond donors (Lipinski definition) is 0. The highest BCUT2D eigenvalue weighted by atomic mass is 16.6. The molecule has 0 saturated carbocycles. The Balaban J connectivity index is 2.50. The molecule has 106 valence electrons. The molecule has 0 aliphatic heterocycles. The van der Waals surface area contributed by atoms with Crippen LogP contribution in [0.5, 0.6) is 11.5 Å². The van der Waals surface area contributed by atoms with Gasteiger partial charge in [0.25, 0.3) is 0 Å². The van der Waals surface area contributed by atoms with Crippen LogP contribution in [0.25, 0.3) is 0 Å². The molecule has 21 heavy (non-hydrogen) atoms. The number of ether oxygens (including phenoxy) is 1. The van der Waals surface area contributed by atoms with Gasteiger partial charge in [0.1, 0.15) is 6.29 Å². The van der Waals surface area contributed by atoms with Crippen LogP contribution >= 0.6 is 0 Å². The number of carbonyl (C=O) groups excluding carboxylic acids is 1. The highest BCUT2D eigenvalue weighted by Crippen LogP contribution is 2.36. The largest absolute Gasteiger partial charge is 0.443 e. The van der Waals surface area contributed by atoms with Crippen molar-refractivity contribution in [2.75, 3.05) is 0 Å². The fraction of sp³-hybridized carbons (Fsp3) is 0. The predicted molar refractivity (Wildman–Crippen MR) is 71.7 cm³/mol. The zero-order chi connectivity index (χ0) is 15.4. The summed E-state index contributed by atoms with van der Waals surface area (Å²) in [4.78, 5) is 31.2. The van der Waals surface area contributed by atoms with E-state index in [9.17, 15) is 25.0 Å². The van der Waals surface area contributed by atoms with Gasteiger partial charge in [-0.05, 0) is 18.2 Å². The fourth-order valence-electron chi connectivity index (χ4n) is 1.65. The monoisotopic (exact) mass is 288 g/mol. The predicted octanol–water partition coefficient (Wildman–Crippen LogP) is 3.11. The summed E-state index contributed by atoms with van der Waals surface area (Å²) in [5.41, 5.74) is -0.559. The maximum absolute atomic E-state index is 10.9. The SMILES string of the molecule is O=Cc1ccc([N+](=O)[O-])c(Oc2ccccc2[N+](=O)[O-])c1. The van der Waals surface area contributed by atoms with Crippen LogP contribution in [-0.4, -0.2) is 16.1 Å². The summed E-state index contributed by atoms with van der Waals surface area (Å²) in [6, 6.07) is 8.99. The molecular weight excluding hydrogens is 280 g/mol. The lowest BCUT2D eigenvalue weighted by atomic mass is 10.2. The molecule has 8 heteroatoms. The van der Waals surface area contributed by atoms with E-state index in [0.717, 1.165) is 12.1 Å². The molecule has 0 radical (unpaired) electrons. The first-order chi connectivity index (χ1) is 10.0. The first-order valence-electron chi connectivity index (χ1n) is 5.68. The number of hydrogen-bond acceptors (Lipinski definition) is 6. The van der Waals surface area contributed by atoms with E-state index in [1.165, 1.54) is 30.3 Å². The van der Waals surface area contributed by atoms with Gasteiger partial charge in [-0.3, -0.25) is 25.0 Å². The summed E-state index contributed by atoms with van der Waals surface area (Å²) >= 11 is 0. The van der Waals surface area contributed by atoms with Gasteiger partial charge in [-0.1, -0.05) is 12.1 Å². The molecule has 0 spiro atoms. The summed E-state index contributed by atoms with van der Waals surface area (Å²) in [6.07, 6.45) is 0.496. The second-order valence-corrected chi connectivity index (χ2v) is 3.93. The molecule has 0 unspecified atom stereocenters. The van der Waals surface area contributed by atoms with Crippen LogP contribution < -0.4 is 4.74 Å². The number of rotatable bonds is 5. The lowest BCUT2D eigenvalue weighted by molar-refractivity contribution is -0.387. The first kappa shape index (κ1) is 14.1. The molecule has 2 rings (SSSR count). The van der Waals surface area contributed by atoms with Gasteiger partial charge in [-0.2, -0.15) is 0 Å². The summed E-state index contributed by atoms with van der Waals surface area (Å²) in [5, 5.41) is 21.8. The minimum atomic E-state index is -0.696. The van der Waals surface area contributed by atoms with Crippen LogP contribution in [0.15, 0.2) is 42.5 Å². The summed E-state index contributed by atoms with van der Waals surface area (Å²) in [6.45, 7) is 0. The zero-order valence-electron chi connectivity index (χ0n) is 10.5. The van der Waals surface area contributed by atoms with Gasteiger partial charge in [0.15, 0.2) is 0 Å². The van der Waals surface area contributed by atoms with E-state index in [1.807, 2.05) is 0 Å². The lowest BCUT2D eigenvalue weighted by Crippen LogP contribution is -1.97. The van der Waals surface area contributed by atoms with Gasteiger partial charge in [-0.15, -0.1) is 0 Å². The van der Waals surface area contributed by atoms with Crippen LogP contribution in [0.1, 0.15) is 10.4 Å². The second-order valence-electron chi connectivity index (χ2n) is 3.93. The maximum atomic E-state index is 10.9. The minimum absolute atomic E-state index is 0.145. The molecule has 0 aromatic heterocycles. The van der Waals surface area contributed by atoms with E-state index in [1.54, 1.807) is 0 Å². The Bertz CT molecular complexity index is 728. The van der Waals surface area contributed by atoms with E-state index in [-0.39, 0.29) is 22.7 Å². The Morgan fingerprint density at radius 1 is 0.905 bits per heavy atom. The average Bonchev–Trinajstić information content (AvgIpc) is 2.47. The van der Waals surface area contributed by atoms with E-state index in [4.69, 9.17) is 4.74 Å². The number of nitro groups is 2. The number of aldehydes is 1. The van der Waals surface area contributed by atoms with Crippen molar-refractivity contribution >= 4 is 17.7 Å². The van der Waals surface area contributed by atoms with Crippen LogP contribution in [-0.2, 0) is 0 Å². The molecule has 0 N–H and O–H groups in total. The molecule has 0 atom stereocenters. The molecule has 0 aliphatic carbocycles. The van der Waals surface area contributed by atoms with Crippen LogP contribution in [0, 0.1) is 20.2 Å². The van der Waals surface area contributed by atoms with Crippen molar-refractivity contribution in [2.24, 2.45) is 0 Å². The standard InChI is InChI=1S/C13H8N2O6/c16-8-9-5-6-11(15(19)20)13(7-9)21-12-4-2-1-3-10(12)14(17)18/h1-8H. The summed E-state index contributed by atoms with van der Waals surface area (Å²) in [5.74, 6) is -0.382. The Hall–Kier alpha value is -3.29. The Kier molecular flexibility index (Phi) is 3.89. The third kappa shape index (κ3) is 3.00. The van der Waals surface area contributed by atoms with Crippen molar-refractivity contribution < 1.29 is 19.4 Å². The van der Waals surface area contributed by atoms with E-state index in [2.05, 4.69) is 0 Å². The van der Waals surface area contributed by atoms with Crippen molar-refractivity contribution in [3.05, 3.63) is 68.3 Å². The molecule has 0 bridgehead atoms. The molecule has 0 amide bonds. The zero-order valence-corrected chi connectivity index (χ0v) is 10.5. The van der Waals surface area contributed by atoms with Crippen LogP contribution in [0.3, 0.4) is 0 Å². The number of carbonyl (C=O) groups is 1. The molecule has 0 heterocycles. The number of benzene rings is 2. The molecule has 2 aromatic rings. The summed E-state index contributed by atoms with van der Waals surface area (Å²) in [7, 11) is 0. The number of para-hydroxylation sites is 2. The number of nitrogens with zero attached hydrogens (tertiary/aromatic N) is 2. The fourth-order valence-corrected chi connectivity index (χ4v) is 1.65. The minimum Gasteiger partial charge on any atom is -0.443 e. The second kappa shape index (κ2) is 5.78. The molecule has 8 nitrogen and oxygen atoms in total. The maximum Gasteiger partial charge on any atom is 0.311 e. The quantitative estimate of drug-likeness (QED) is 0.474. The van der Waals surface area contributed by atoms with Gasteiger partial charge in [0.2, 0.25) is 11.5 Å². The average molecular weight is 288 g/mol. The first-order valence-corrected chi connectivity index (χ1v) is 5.68. The van der Waals surface area contributed by atoms with Gasteiger partial charge < -0.3 is 4.74 Å². The normalized spacial score (nSPS) is 9.90. The lowest BCUT2D eigenvalue weighted by Gasteiger charge is -2.07. The third-order valence-corrected chi connectivity index (χ3v) is 2.60. The summed E-state index contributed by atoms with van der Waals surface area (Å²) < 4.78 is 5.26. The molecule has 0 saturated heterocycles. The van der Waals surface area contributed by atoms with Crippen molar-refractivity contribution in [1.29, 1.82) is 0 Å². The molecule has 0 aliphatic rings. The highest BCUT2D eigenvalue weighted by Gasteiger charge is 2.20. The van der Waals surface area contributed by atoms with Gasteiger partial charge in [-0.25, -0.2) is 0 Å². The van der Waals surface area contributed by atoms with Crippen molar-refractivity contribution in [1.82, 2.24) is 0 Å². The van der Waals surface area contributed by atoms with Crippen LogP contribution in [0.4, 0.5) is 11.4 Å². The number of nitro benzene ring substituents is 2. The van der Waals surface area contributed by atoms with E-state index < -0.39 is 15.5 Å². The third-order valence-electron chi connectivity index (χ3n) is 2.60. The van der Waals surface area contributed by atoms with Crippen molar-refractivity contribution in [2.45, 2.75) is 0 Å². The van der Waals surface area contributed by atoms with Gasteiger partial charge in [0.05, 0.1) is 9.85 Å². The Labute approximate surface area is 117 Å². The molecular formula is C13H8N2O6. The Morgan fingerprint density at radius 3 is 2.14 bits per heavy atom. The van der Waals surface area contributed by atoms with Gasteiger partial charge >= 0.3 is 11.4 Å². The van der Waals surface area contributed by atoms with E-state index >= 15 is 0 Å². The van der Waals surface area contributed by atoms with Crippen molar-refractivity contribution in [3.8, 4) is 11.5 Å².